The van der Waals surface area contributed by atoms with Gasteiger partial charge < -0.3 is 9.84 Å². The number of esters is 1. The molecule has 1 N–H and O–H groups in total. The number of ketones is 1. The molecule has 26 heavy (non-hydrogen) atoms. The summed E-state index contributed by atoms with van der Waals surface area (Å²) in [6.45, 7) is 5.83. The molecular weight excluding hydrogens is 396 g/mol. The molecule has 144 valence electrons. The summed E-state index contributed by atoms with van der Waals surface area (Å²) in [4.78, 5) is 23.4. The van der Waals surface area contributed by atoms with E-state index in [2.05, 4.69) is 29.8 Å². The molecule has 7 atom stereocenters. The number of hydrogen-bond donors (Lipinski definition) is 1. The number of ether oxygens (including phenoxy) is 1. The summed E-state index contributed by atoms with van der Waals surface area (Å²) in [5.74, 6) is -0.198. The summed E-state index contributed by atoms with van der Waals surface area (Å²) in [5, 5.41) is 11.4. The minimum atomic E-state index is -1.44. The molecule has 0 spiro atoms. The molecule has 4 aliphatic carbocycles. The fraction of sp³-hybridized carbons (Fsp3) is 0.810. The van der Waals surface area contributed by atoms with Crippen molar-refractivity contribution in [2.24, 2.45) is 28.6 Å². The van der Waals surface area contributed by atoms with Gasteiger partial charge >= 0.3 is 5.97 Å². The van der Waals surface area contributed by atoms with Crippen LogP contribution in [0.4, 0.5) is 0 Å². The molecule has 4 aliphatic rings. The predicted octanol–water partition coefficient (Wildman–Crippen LogP) is 4.14. The van der Waals surface area contributed by atoms with E-state index in [9.17, 15) is 14.7 Å². The van der Waals surface area contributed by atoms with Crippen LogP contribution in [0.15, 0.2) is 11.6 Å². The first-order valence-electron chi connectivity index (χ1n) is 9.92. The quantitative estimate of drug-likeness (QED) is 0.390. The van der Waals surface area contributed by atoms with Crippen LogP contribution in [0.2, 0.25) is 0 Å². The highest BCUT2D eigenvalue weighted by molar-refractivity contribution is 9.09. The largest absolute Gasteiger partial charge is 0.432 e. The van der Waals surface area contributed by atoms with Crippen molar-refractivity contribution in [3.8, 4) is 0 Å². The van der Waals surface area contributed by atoms with Gasteiger partial charge in [0.2, 0.25) is 5.79 Å². The molecule has 0 unspecified atom stereocenters. The van der Waals surface area contributed by atoms with Crippen molar-refractivity contribution in [3.05, 3.63) is 11.6 Å². The maximum atomic E-state index is 11.9. The van der Waals surface area contributed by atoms with E-state index in [1.807, 2.05) is 6.08 Å². The van der Waals surface area contributed by atoms with Crippen LogP contribution in [-0.2, 0) is 14.3 Å². The Morgan fingerprint density at radius 1 is 1.23 bits per heavy atom. The van der Waals surface area contributed by atoms with Crippen molar-refractivity contribution < 1.29 is 19.4 Å². The lowest BCUT2D eigenvalue weighted by Crippen LogP contribution is -2.57. The van der Waals surface area contributed by atoms with Crippen LogP contribution in [0.25, 0.3) is 0 Å². The molecule has 0 aromatic heterocycles. The average molecular weight is 425 g/mol. The number of hydrogen-bond acceptors (Lipinski definition) is 4. The average Bonchev–Trinajstić information content (AvgIpc) is 2.75. The predicted molar refractivity (Wildman–Crippen MR) is 102 cm³/mol. The molecular formula is C21H29BrO4. The Morgan fingerprint density at radius 2 is 1.96 bits per heavy atom. The molecule has 0 aromatic carbocycles. The zero-order chi connectivity index (χ0) is 18.9. The molecule has 0 aromatic rings. The number of carbonyl (C=O) groups is 2. The van der Waals surface area contributed by atoms with Crippen molar-refractivity contribution in [1.82, 2.24) is 0 Å². The summed E-state index contributed by atoms with van der Waals surface area (Å²) in [5.41, 5.74) is 1.04. The maximum Gasteiger partial charge on any atom is 0.305 e. The Labute approximate surface area is 163 Å². The van der Waals surface area contributed by atoms with Crippen LogP contribution in [-0.4, -0.2) is 27.5 Å². The molecule has 0 saturated heterocycles. The highest BCUT2D eigenvalue weighted by Gasteiger charge is 2.69. The van der Waals surface area contributed by atoms with Gasteiger partial charge in [-0.1, -0.05) is 35.4 Å². The highest BCUT2D eigenvalue weighted by atomic mass is 79.9. The summed E-state index contributed by atoms with van der Waals surface area (Å²) in [7, 11) is 0. The fourth-order valence-corrected chi connectivity index (χ4v) is 7.92. The van der Waals surface area contributed by atoms with E-state index in [0.717, 1.165) is 38.5 Å². The molecule has 4 rings (SSSR count). The SMILES string of the molecule is CC(=O)O[C@@]1(O)[C@H](Br)C[C@@H]2[C@@H]3CCC4=CC(=O)CC[C@]4(C)[C@@H]3CC[C@@]21C. The van der Waals surface area contributed by atoms with E-state index in [0.29, 0.717) is 24.2 Å². The van der Waals surface area contributed by atoms with Gasteiger partial charge in [0.15, 0.2) is 5.78 Å². The first-order valence-corrected chi connectivity index (χ1v) is 10.8. The van der Waals surface area contributed by atoms with Crippen molar-refractivity contribution in [3.63, 3.8) is 0 Å². The molecule has 0 radical (unpaired) electrons. The van der Waals surface area contributed by atoms with Gasteiger partial charge in [0.25, 0.3) is 0 Å². The van der Waals surface area contributed by atoms with Crippen LogP contribution >= 0.6 is 15.9 Å². The molecule has 0 bridgehead atoms. The lowest BCUT2D eigenvalue weighted by atomic mass is 9.47. The molecule has 0 amide bonds. The van der Waals surface area contributed by atoms with Gasteiger partial charge in [-0.2, -0.15) is 0 Å². The zero-order valence-corrected chi connectivity index (χ0v) is 17.5. The van der Waals surface area contributed by atoms with Gasteiger partial charge in [-0.25, -0.2) is 0 Å². The summed E-state index contributed by atoms with van der Waals surface area (Å²) in [6.07, 6.45) is 8.27. The monoisotopic (exact) mass is 424 g/mol. The van der Waals surface area contributed by atoms with Gasteiger partial charge in [0.1, 0.15) is 0 Å². The normalized spacial score (nSPS) is 50.3. The van der Waals surface area contributed by atoms with Crippen molar-refractivity contribution >= 4 is 27.7 Å². The Hall–Kier alpha value is -0.680. The van der Waals surface area contributed by atoms with Crippen LogP contribution < -0.4 is 0 Å². The number of fused-ring (bicyclic) bond motifs is 5. The first kappa shape index (κ1) is 18.7. The second-order valence-corrected chi connectivity index (χ2v) is 10.5. The van der Waals surface area contributed by atoms with E-state index in [4.69, 9.17) is 4.74 Å². The van der Waals surface area contributed by atoms with Gasteiger partial charge in [-0.05, 0) is 67.8 Å². The second-order valence-electron chi connectivity index (χ2n) is 9.42. The van der Waals surface area contributed by atoms with Gasteiger partial charge in [-0.15, -0.1) is 0 Å². The summed E-state index contributed by atoms with van der Waals surface area (Å²) >= 11 is 3.64. The third kappa shape index (κ3) is 2.35. The van der Waals surface area contributed by atoms with Crippen LogP contribution in [0.5, 0.6) is 0 Å². The van der Waals surface area contributed by atoms with Crippen molar-refractivity contribution in [2.75, 3.05) is 0 Å². The highest BCUT2D eigenvalue weighted by Crippen LogP contribution is 2.68. The van der Waals surface area contributed by atoms with Crippen molar-refractivity contribution in [2.45, 2.75) is 76.3 Å². The second kappa shape index (κ2) is 5.91. The number of rotatable bonds is 1. The number of allylic oxidation sites excluding steroid dienone is 1. The summed E-state index contributed by atoms with van der Waals surface area (Å²) in [6, 6.07) is 0. The van der Waals surface area contributed by atoms with E-state index >= 15 is 0 Å². The van der Waals surface area contributed by atoms with Crippen LogP contribution in [0.3, 0.4) is 0 Å². The number of halogens is 1. The topological polar surface area (TPSA) is 63.6 Å². The Balaban J connectivity index is 1.69. The lowest BCUT2D eigenvalue weighted by molar-refractivity contribution is -0.260. The smallest absolute Gasteiger partial charge is 0.305 e. The van der Waals surface area contributed by atoms with E-state index in [-0.39, 0.29) is 16.0 Å². The first-order chi connectivity index (χ1) is 12.1. The molecule has 3 fully saturated rings. The molecule has 5 heteroatoms. The minimum absolute atomic E-state index is 0.113. The Morgan fingerprint density at radius 3 is 2.65 bits per heavy atom. The van der Waals surface area contributed by atoms with E-state index < -0.39 is 17.2 Å². The zero-order valence-electron chi connectivity index (χ0n) is 15.9. The fourth-order valence-electron chi connectivity index (χ4n) is 6.90. The third-order valence-corrected chi connectivity index (χ3v) is 9.35. The minimum Gasteiger partial charge on any atom is -0.432 e. The van der Waals surface area contributed by atoms with Gasteiger partial charge in [0, 0.05) is 18.8 Å². The van der Waals surface area contributed by atoms with Gasteiger partial charge in [-0.3, -0.25) is 9.59 Å². The maximum absolute atomic E-state index is 11.9. The Kier molecular flexibility index (Phi) is 4.24. The molecule has 3 saturated carbocycles. The van der Waals surface area contributed by atoms with Gasteiger partial charge in [0.05, 0.1) is 4.83 Å². The molecule has 4 nitrogen and oxygen atoms in total. The Bertz CT molecular complexity index is 687. The number of carbonyl (C=O) groups excluding carboxylic acids is 2. The van der Waals surface area contributed by atoms with Crippen LogP contribution in [0, 0.1) is 28.6 Å². The summed E-state index contributed by atoms with van der Waals surface area (Å²) < 4.78 is 5.52. The number of alkyl halides is 1. The van der Waals surface area contributed by atoms with Crippen molar-refractivity contribution in [1.29, 1.82) is 0 Å². The molecule has 0 aliphatic heterocycles. The van der Waals surface area contributed by atoms with Crippen LogP contribution in [0.1, 0.15) is 65.7 Å². The standard InChI is InChI=1S/C21H29BrO4/c1-12(23)26-21(25)18(22)11-17-15-5-4-13-10-14(24)6-8-19(13,2)16(15)7-9-20(17,21)3/h10,15-18,25H,4-9,11H2,1-3H3/t15-,16-,17-,18-,19+,20+,21+/m1/s1. The van der Waals surface area contributed by atoms with E-state index in [1.165, 1.54) is 12.5 Å². The number of aliphatic hydroxyl groups is 1. The van der Waals surface area contributed by atoms with E-state index in [1.54, 1.807) is 0 Å². The lowest BCUT2D eigenvalue weighted by Gasteiger charge is -2.58. The molecule has 0 heterocycles. The third-order valence-electron chi connectivity index (χ3n) is 8.35.